The average molecular weight is 346 g/mol. The number of amides is 2. The zero-order valence-electron chi connectivity index (χ0n) is 13.2. The fraction of sp³-hybridized carbons (Fsp3) is 0.467. The van der Waals surface area contributed by atoms with Gasteiger partial charge in [0.1, 0.15) is 0 Å². The van der Waals surface area contributed by atoms with E-state index in [0.29, 0.717) is 12.0 Å². The van der Waals surface area contributed by atoms with Gasteiger partial charge >= 0.3 is 18.6 Å². The third-order valence-corrected chi connectivity index (χ3v) is 2.86. The number of carbonyl (C=O) groups is 2. The number of carboxylic acids is 1. The van der Waals surface area contributed by atoms with E-state index < -0.39 is 18.6 Å². The lowest BCUT2D eigenvalue weighted by molar-refractivity contribution is -0.137. The zero-order chi connectivity index (χ0) is 17.9. The molecule has 2 amide bonds. The van der Waals surface area contributed by atoms with Crippen molar-refractivity contribution in [1.82, 2.24) is 10.6 Å². The van der Waals surface area contributed by atoms with E-state index in [-0.39, 0.29) is 37.6 Å². The molecule has 0 saturated carbocycles. The lowest BCUT2D eigenvalue weighted by Gasteiger charge is -2.16. The van der Waals surface area contributed by atoms with Crippen molar-refractivity contribution in [1.29, 1.82) is 0 Å². The van der Waals surface area contributed by atoms with Crippen LogP contribution in [0.5, 0.6) is 11.5 Å². The van der Waals surface area contributed by atoms with Crippen LogP contribution in [0.1, 0.15) is 25.3 Å². The smallest absolute Gasteiger partial charge is 0.387 e. The molecule has 1 aromatic carbocycles. The van der Waals surface area contributed by atoms with E-state index in [1.54, 1.807) is 13.0 Å². The highest BCUT2D eigenvalue weighted by Crippen LogP contribution is 2.32. The molecule has 3 N–H and O–H groups in total. The molecule has 7 nitrogen and oxygen atoms in total. The van der Waals surface area contributed by atoms with Crippen LogP contribution < -0.4 is 20.1 Å². The molecule has 0 aliphatic rings. The Kier molecular flexibility index (Phi) is 8.31. The normalized spacial score (nSPS) is 10.3. The summed E-state index contributed by atoms with van der Waals surface area (Å²) in [6, 6.07) is 4.09. The van der Waals surface area contributed by atoms with Gasteiger partial charge in [-0.25, -0.2) is 4.79 Å². The van der Waals surface area contributed by atoms with Crippen LogP contribution >= 0.6 is 0 Å². The molecule has 0 aromatic heterocycles. The first-order valence-corrected chi connectivity index (χ1v) is 7.37. The lowest BCUT2D eigenvalue weighted by atomic mass is 10.2. The van der Waals surface area contributed by atoms with Gasteiger partial charge in [0.25, 0.3) is 0 Å². The Morgan fingerprint density at radius 1 is 1.29 bits per heavy atom. The Labute approximate surface area is 137 Å². The van der Waals surface area contributed by atoms with E-state index in [9.17, 15) is 18.4 Å². The summed E-state index contributed by atoms with van der Waals surface area (Å²) >= 11 is 0. The topological polar surface area (TPSA) is 96.9 Å². The number of alkyl halides is 2. The number of ether oxygens (including phenoxy) is 2. The van der Waals surface area contributed by atoms with Crippen molar-refractivity contribution in [2.24, 2.45) is 0 Å². The molecular formula is C15H20F2N2O5. The molecule has 134 valence electrons. The SMILES string of the molecule is CCOc1cccc(CNC(=O)NCCCC(=O)O)c1OC(F)F. The highest BCUT2D eigenvalue weighted by atomic mass is 19.3. The minimum Gasteiger partial charge on any atom is -0.490 e. The molecule has 0 atom stereocenters. The summed E-state index contributed by atoms with van der Waals surface area (Å²) in [7, 11) is 0. The first-order valence-electron chi connectivity index (χ1n) is 7.37. The van der Waals surface area contributed by atoms with Gasteiger partial charge in [-0.1, -0.05) is 12.1 Å². The maximum Gasteiger partial charge on any atom is 0.387 e. The maximum atomic E-state index is 12.6. The number of hydrogen-bond acceptors (Lipinski definition) is 4. The monoisotopic (exact) mass is 346 g/mol. The molecule has 24 heavy (non-hydrogen) atoms. The number of halogens is 2. The van der Waals surface area contributed by atoms with E-state index in [1.807, 2.05) is 0 Å². The van der Waals surface area contributed by atoms with Crippen molar-refractivity contribution in [3.63, 3.8) is 0 Å². The van der Waals surface area contributed by atoms with Crippen molar-refractivity contribution in [2.75, 3.05) is 13.2 Å². The minimum absolute atomic E-state index is 0.0479. The molecule has 9 heteroatoms. The number of urea groups is 1. The maximum absolute atomic E-state index is 12.6. The molecule has 0 aliphatic carbocycles. The van der Waals surface area contributed by atoms with Gasteiger partial charge in [0.15, 0.2) is 11.5 Å². The van der Waals surface area contributed by atoms with E-state index in [2.05, 4.69) is 15.4 Å². The van der Waals surface area contributed by atoms with Crippen LogP contribution in [0, 0.1) is 0 Å². The number of aliphatic carboxylic acids is 1. The third-order valence-electron chi connectivity index (χ3n) is 2.86. The van der Waals surface area contributed by atoms with E-state index >= 15 is 0 Å². The highest BCUT2D eigenvalue weighted by molar-refractivity contribution is 5.74. The number of para-hydroxylation sites is 1. The predicted molar refractivity (Wildman–Crippen MR) is 81.4 cm³/mol. The van der Waals surface area contributed by atoms with Crippen molar-refractivity contribution < 1.29 is 33.0 Å². The zero-order valence-corrected chi connectivity index (χ0v) is 13.2. The molecule has 0 unspecified atom stereocenters. The molecule has 1 rings (SSSR count). The standard InChI is InChI=1S/C15H20F2N2O5/c1-2-23-11-6-3-5-10(13(11)24-14(16)17)9-19-15(22)18-8-4-7-12(20)21/h3,5-6,14H,2,4,7-9H2,1H3,(H,20,21)(H2,18,19,22). The molecule has 1 aromatic rings. The molecule has 0 saturated heterocycles. The Hall–Kier alpha value is -2.58. The van der Waals surface area contributed by atoms with Gasteiger partial charge in [-0.15, -0.1) is 0 Å². The van der Waals surface area contributed by atoms with E-state index in [0.717, 1.165) is 0 Å². The Balaban J connectivity index is 2.61. The van der Waals surface area contributed by atoms with Crippen LogP contribution in [0.25, 0.3) is 0 Å². The number of carbonyl (C=O) groups excluding carboxylic acids is 1. The van der Waals surface area contributed by atoms with Gasteiger partial charge in [-0.2, -0.15) is 8.78 Å². The van der Waals surface area contributed by atoms with Crippen LogP contribution in [0.4, 0.5) is 13.6 Å². The molecule has 0 radical (unpaired) electrons. The van der Waals surface area contributed by atoms with E-state index in [1.165, 1.54) is 12.1 Å². The second-order valence-corrected chi connectivity index (χ2v) is 4.66. The second-order valence-electron chi connectivity index (χ2n) is 4.66. The second kappa shape index (κ2) is 10.2. The van der Waals surface area contributed by atoms with Crippen LogP contribution in [-0.2, 0) is 11.3 Å². The molecule has 0 heterocycles. The fourth-order valence-corrected chi connectivity index (χ4v) is 1.87. The van der Waals surface area contributed by atoms with Crippen LogP contribution in [0.2, 0.25) is 0 Å². The molecular weight excluding hydrogens is 326 g/mol. The molecule has 0 aliphatic heterocycles. The number of nitrogens with one attached hydrogen (secondary N) is 2. The summed E-state index contributed by atoms with van der Waals surface area (Å²) in [6.45, 7) is -0.886. The Morgan fingerprint density at radius 3 is 2.67 bits per heavy atom. The number of rotatable bonds is 10. The summed E-state index contributed by atoms with van der Waals surface area (Å²) in [5.41, 5.74) is 0.335. The summed E-state index contributed by atoms with van der Waals surface area (Å²) < 4.78 is 34.9. The van der Waals surface area contributed by atoms with Gasteiger partial charge in [0.05, 0.1) is 6.61 Å². The van der Waals surface area contributed by atoms with E-state index in [4.69, 9.17) is 9.84 Å². The number of benzene rings is 1. The Bertz CT molecular complexity index is 555. The van der Waals surface area contributed by atoms with Gasteiger partial charge in [0.2, 0.25) is 0 Å². The summed E-state index contributed by atoms with van der Waals surface area (Å²) in [6.07, 6.45) is 0.241. The van der Waals surface area contributed by atoms with Gasteiger partial charge in [-0.3, -0.25) is 4.79 Å². The lowest BCUT2D eigenvalue weighted by Crippen LogP contribution is -2.35. The van der Waals surface area contributed by atoms with Crippen LogP contribution in [-0.4, -0.2) is 36.9 Å². The largest absolute Gasteiger partial charge is 0.490 e. The summed E-state index contributed by atoms with van der Waals surface area (Å²) in [5, 5.41) is 13.5. The van der Waals surface area contributed by atoms with Crippen molar-refractivity contribution in [3.05, 3.63) is 23.8 Å². The fourth-order valence-electron chi connectivity index (χ4n) is 1.87. The average Bonchev–Trinajstić information content (AvgIpc) is 2.51. The predicted octanol–water partition coefficient (Wildman–Crippen LogP) is 2.35. The molecule has 0 bridgehead atoms. The van der Waals surface area contributed by atoms with Gasteiger partial charge < -0.3 is 25.2 Å². The minimum atomic E-state index is -3.02. The summed E-state index contributed by atoms with van der Waals surface area (Å²) in [4.78, 5) is 22.0. The quantitative estimate of drug-likeness (QED) is 0.565. The Morgan fingerprint density at radius 2 is 2.04 bits per heavy atom. The molecule has 0 spiro atoms. The highest BCUT2D eigenvalue weighted by Gasteiger charge is 2.16. The number of carboxylic acid groups (broad SMARTS) is 1. The van der Waals surface area contributed by atoms with Gasteiger partial charge in [0, 0.05) is 25.1 Å². The van der Waals surface area contributed by atoms with Crippen LogP contribution in [0.3, 0.4) is 0 Å². The third kappa shape index (κ3) is 7.12. The number of hydrogen-bond donors (Lipinski definition) is 3. The first kappa shape index (κ1) is 19.5. The first-order chi connectivity index (χ1) is 11.4. The van der Waals surface area contributed by atoms with Crippen molar-refractivity contribution in [2.45, 2.75) is 32.9 Å². The summed E-state index contributed by atoms with van der Waals surface area (Å²) in [5.74, 6) is -0.904. The molecule has 0 fully saturated rings. The van der Waals surface area contributed by atoms with Crippen LogP contribution in [0.15, 0.2) is 18.2 Å². The van der Waals surface area contributed by atoms with Crippen molar-refractivity contribution >= 4 is 12.0 Å². The van der Waals surface area contributed by atoms with Crippen molar-refractivity contribution in [3.8, 4) is 11.5 Å². The van der Waals surface area contributed by atoms with Gasteiger partial charge in [-0.05, 0) is 19.4 Å².